The number of benzene rings is 1. The topological polar surface area (TPSA) is 32.3 Å². The number of rotatable bonds is 4. The lowest BCUT2D eigenvalue weighted by Crippen LogP contribution is -2.36. The molecule has 0 spiro atoms. The SMILES string of the molecule is CN(CCC1CCNCC1)C(=O)C1Cc2ccccc2C1. The van der Waals surface area contributed by atoms with Crippen molar-refractivity contribution < 1.29 is 4.79 Å². The number of amides is 1. The van der Waals surface area contributed by atoms with Gasteiger partial charge in [-0.25, -0.2) is 0 Å². The first-order valence-corrected chi connectivity index (χ1v) is 8.26. The highest BCUT2D eigenvalue weighted by atomic mass is 16.2. The zero-order valence-corrected chi connectivity index (χ0v) is 13.0. The van der Waals surface area contributed by atoms with Crippen molar-refractivity contribution in [2.24, 2.45) is 11.8 Å². The third-order valence-corrected chi connectivity index (χ3v) is 5.11. The van der Waals surface area contributed by atoms with Gasteiger partial charge < -0.3 is 10.2 Å². The predicted octanol–water partition coefficient (Wildman–Crippen LogP) is 2.25. The fourth-order valence-corrected chi connectivity index (χ4v) is 3.70. The number of fused-ring (bicyclic) bond motifs is 1. The van der Waals surface area contributed by atoms with E-state index in [9.17, 15) is 4.79 Å². The molecule has 3 nitrogen and oxygen atoms in total. The molecule has 1 saturated heterocycles. The summed E-state index contributed by atoms with van der Waals surface area (Å²) in [6.45, 7) is 3.19. The summed E-state index contributed by atoms with van der Waals surface area (Å²) in [5.74, 6) is 1.29. The van der Waals surface area contributed by atoms with Crippen LogP contribution in [0.5, 0.6) is 0 Å². The second-order valence-corrected chi connectivity index (χ2v) is 6.62. The van der Waals surface area contributed by atoms with Crippen LogP contribution >= 0.6 is 0 Å². The predicted molar refractivity (Wildman–Crippen MR) is 85.2 cm³/mol. The van der Waals surface area contributed by atoms with E-state index in [0.717, 1.165) is 44.8 Å². The Labute approximate surface area is 127 Å². The molecular weight excluding hydrogens is 260 g/mol. The van der Waals surface area contributed by atoms with Gasteiger partial charge in [0.25, 0.3) is 0 Å². The van der Waals surface area contributed by atoms with Gasteiger partial charge in [-0.05, 0) is 62.2 Å². The van der Waals surface area contributed by atoms with E-state index in [1.165, 1.54) is 24.0 Å². The molecule has 0 atom stereocenters. The average Bonchev–Trinajstić information content (AvgIpc) is 2.97. The molecule has 1 fully saturated rings. The highest BCUT2D eigenvalue weighted by Crippen LogP contribution is 2.28. The Kier molecular flexibility index (Phi) is 4.59. The van der Waals surface area contributed by atoms with Crippen molar-refractivity contribution in [1.82, 2.24) is 10.2 Å². The molecule has 0 aromatic heterocycles. The van der Waals surface area contributed by atoms with Crippen molar-refractivity contribution in [1.29, 1.82) is 0 Å². The van der Waals surface area contributed by atoms with Gasteiger partial charge in [-0.2, -0.15) is 0 Å². The van der Waals surface area contributed by atoms with Gasteiger partial charge in [0.1, 0.15) is 0 Å². The number of hydrogen-bond acceptors (Lipinski definition) is 2. The summed E-state index contributed by atoms with van der Waals surface area (Å²) in [7, 11) is 1.98. The van der Waals surface area contributed by atoms with E-state index >= 15 is 0 Å². The molecule has 1 aliphatic heterocycles. The van der Waals surface area contributed by atoms with Gasteiger partial charge in [0.2, 0.25) is 5.91 Å². The van der Waals surface area contributed by atoms with Gasteiger partial charge in [-0.1, -0.05) is 24.3 Å². The van der Waals surface area contributed by atoms with Crippen LogP contribution in [0.4, 0.5) is 0 Å². The maximum Gasteiger partial charge on any atom is 0.226 e. The van der Waals surface area contributed by atoms with Gasteiger partial charge in [-0.3, -0.25) is 4.79 Å². The van der Waals surface area contributed by atoms with Crippen LogP contribution in [0.2, 0.25) is 0 Å². The normalized spacial score (nSPS) is 19.5. The molecule has 1 aliphatic carbocycles. The van der Waals surface area contributed by atoms with Gasteiger partial charge >= 0.3 is 0 Å². The molecule has 0 radical (unpaired) electrons. The lowest BCUT2D eigenvalue weighted by atomic mass is 9.94. The van der Waals surface area contributed by atoms with Crippen LogP contribution in [0.3, 0.4) is 0 Å². The largest absolute Gasteiger partial charge is 0.345 e. The standard InChI is InChI=1S/C18H26N2O/c1-20(11-8-14-6-9-19-10-7-14)18(21)17-12-15-4-2-3-5-16(15)13-17/h2-5,14,17,19H,6-13H2,1H3. The van der Waals surface area contributed by atoms with Crippen LogP contribution in [0, 0.1) is 11.8 Å². The second kappa shape index (κ2) is 6.61. The molecule has 1 heterocycles. The van der Waals surface area contributed by atoms with Crippen LogP contribution in [-0.2, 0) is 17.6 Å². The smallest absolute Gasteiger partial charge is 0.226 e. The average molecular weight is 286 g/mol. The van der Waals surface area contributed by atoms with Crippen molar-refractivity contribution in [3.05, 3.63) is 35.4 Å². The minimum absolute atomic E-state index is 0.167. The lowest BCUT2D eigenvalue weighted by Gasteiger charge is -2.26. The molecule has 1 amide bonds. The summed E-state index contributed by atoms with van der Waals surface area (Å²) in [5, 5.41) is 3.40. The van der Waals surface area contributed by atoms with Gasteiger partial charge in [0.15, 0.2) is 0 Å². The third-order valence-electron chi connectivity index (χ3n) is 5.11. The Balaban J connectivity index is 1.49. The van der Waals surface area contributed by atoms with Crippen molar-refractivity contribution in [2.45, 2.75) is 32.1 Å². The zero-order chi connectivity index (χ0) is 14.7. The second-order valence-electron chi connectivity index (χ2n) is 6.62. The third kappa shape index (κ3) is 3.46. The number of piperidine rings is 1. The quantitative estimate of drug-likeness (QED) is 0.921. The summed E-state index contributed by atoms with van der Waals surface area (Å²) in [4.78, 5) is 14.6. The molecule has 21 heavy (non-hydrogen) atoms. The first-order valence-electron chi connectivity index (χ1n) is 8.26. The summed E-state index contributed by atoms with van der Waals surface area (Å²) < 4.78 is 0. The Morgan fingerprint density at radius 1 is 1.19 bits per heavy atom. The van der Waals surface area contributed by atoms with E-state index in [2.05, 4.69) is 29.6 Å². The Morgan fingerprint density at radius 3 is 2.43 bits per heavy atom. The lowest BCUT2D eigenvalue weighted by molar-refractivity contribution is -0.134. The Morgan fingerprint density at radius 2 is 1.81 bits per heavy atom. The van der Waals surface area contributed by atoms with E-state index in [0.29, 0.717) is 5.91 Å². The van der Waals surface area contributed by atoms with E-state index in [1.807, 2.05) is 11.9 Å². The Bertz CT molecular complexity index is 469. The zero-order valence-electron chi connectivity index (χ0n) is 13.0. The molecular formula is C18H26N2O. The summed E-state index contributed by atoms with van der Waals surface area (Å²) >= 11 is 0. The minimum Gasteiger partial charge on any atom is -0.345 e. The first-order chi connectivity index (χ1) is 10.2. The monoisotopic (exact) mass is 286 g/mol. The van der Waals surface area contributed by atoms with E-state index in [-0.39, 0.29) is 5.92 Å². The number of carbonyl (C=O) groups is 1. The van der Waals surface area contributed by atoms with Crippen molar-refractivity contribution >= 4 is 5.91 Å². The van der Waals surface area contributed by atoms with Crippen molar-refractivity contribution in [3.63, 3.8) is 0 Å². The molecule has 1 aromatic rings. The van der Waals surface area contributed by atoms with Crippen LogP contribution in [0.1, 0.15) is 30.4 Å². The van der Waals surface area contributed by atoms with Gasteiger partial charge in [0.05, 0.1) is 0 Å². The molecule has 114 valence electrons. The first kappa shape index (κ1) is 14.6. The molecule has 0 bridgehead atoms. The summed E-state index contributed by atoms with van der Waals surface area (Å²) in [6.07, 6.45) is 5.52. The summed E-state index contributed by atoms with van der Waals surface area (Å²) in [6, 6.07) is 8.48. The number of nitrogens with zero attached hydrogens (tertiary/aromatic N) is 1. The van der Waals surface area contributed by atoms with Crippen molar-refractivity contribution in [2.75, 3.05) is 26.7 Å². The van der Waals surface area contributed by atoms with Crippen LogP contribution in [0.15, 0.2) is 24.3 Å². The van der Waals surface area contributed by atoms with Crippen LogP contribution in [0.25, 0.3) is 0 Å². The van der Waals surface area contributed by atoms with E-state index < -0.39 is 0 Å². The minimum atomic E-state index is 0.167. The van der Waals surface area contributed by atoms with E-state index in [4.69, 9.17) is 0 Å². The molecule has 0 unspecified atom stereocenters. The molecule has 1 aromatic carbocycles. The highest BCUT2D eigenvalue weighted by molar-refractivity contribution is 5.80. The molecule has 3 rings (SSSR count). The maximum atomic E-state index is 12.6. The maximum absolute atomic E-state index is 12.6. The number of hydrogen-bond donors (Lipinski definition) is 1. The van der Waals surface area contributed by atoms with E-state index in [1.54, 1.807) is 0 Å². The number of carbonyl (C=O) groups excluding carboxylic acids is 1. The number of nitrogens with one attached hydrogen (secondary N) is 1. The van der Waals surface area contributed by atoms with Gasteiger partial charge in [0, 0.05) is 19.5 Å². The molecule has 2 aliphatic rings. The fraction of sp³-hybridized carbons (Fsp3) is 0.611. The Hall–Kier alpha value is -1.35. The van der Waals surface area contributed by atoms with Gasteiger partial charge in [-0.15, -0.1) is 0 Å². The van der Waals surface area contributed by atoms with Crippen LogP contribution in [-0.4, -0.2) is 37.5 Å². The molecule has 0 saturated carbocycles. The summed E-state index contributed by atoms with van der Waals surface area (Å²) in [5.41, 5.74) is 2.73. The van der Waals surface area contributed by atoms with Crippen LogP contribution < -0.4 is 5.32 Å². The molecule has 3 heteroatoms. The van der Waals surface area contributed by atoms with Crippen molar-refractivity contribution in [3.8, 4) is 0 Å². The molecule has 1 N–H and O–H groups in total. The fourth-order valence-electron chi connectivity index (χ4n) is 3.70. The highest BCUT2D eigenvalue weighted by Gasteiger charge is 2.29.